The third-order valence-corrected chi connectivity index (χ3v) is 3.35. The largest absolute Gasteiger partial charge is 0.204 e. The molecule has 0 bridgehead atoms. The van der Waals surface area contributed by atoms with Crippen LogP contribution >= 0.6 is 23.2 Å². The van der Waals surface area contributed by atoms with Gasteiger partial charge in [-0.15, -0.1) is 11.6 Å². The lowest BCUT2D eigenvalue weighted by Gasteiger charge is -2.11. The minimum absolute atomic E-state index is 0.203. The smallest absolute Gasteiger partial charge is 0.160 e. The highest BCUT2D eigenvalue weighted by Crippen LogP contribution is 2.42. The summed E-state index contributed by atoms with van der Waals surface area (Å²) >= 11 is 11.9. The van der Waals surface area contributed by atoms with Crippen LogP contribution < -0.4 is 0 Å². The Labute approximate surface area is 97.2 Å². The zero-order chi connectivity index (χ0) is 11.0. The molecule has 2 rings (SSSR count). The van der Waals surface area contributed by atoms with Crippen LogP contribution in [0.15, 0.2) is 12.1 Å². The van der Waals surface area contributed by atoms with Crippen molar-refractivity contribution in [1.82, 2.24) is 0 Å². The molecule has 0 saturated heterocycles. The zero-order valence-electron chi connectivity index (χ0n) is 7.94. The van der Waals surface area contributed by atoms with E-state index in [1.807, 2.05) is 0 Å². The average molecular weight is 251 g/mol. The van der Waals surface area contributed by atoms with Crippen LogP contribution in [0.3, 0.4) is 0 Å². The van der Waals surface area contributed by atoms with Gasteiger partial charge in [0.15, 0.2) is 11.6 Å². The van der Waals surface area contributed by atoms with Crippen LogP contribution in [-0.4, -0.2) is 0 Å². The Morgan fingerprint density at radius 1 is 1.27 bits per heavy atom. The molecule has 1 aliphatic rings. The van der Waals surface area contributed by atoms with Crippen molar-refractivity contribution in [3.8, 4) is 0 Å². The van der Waals surface area contributed by atoms with Crippen molar-refractivity contribution in [3.05, 3.63) is 34.4 Å². The van der Waals surface area contributed by atoms with E-state index in [1.54, 1.807) is 0 Å². The van der Waals surface area contributed by atoms with Crippen LogP contribution in [0.1, 0.15) is 30.2 Å². The molecule has 1 aromatic carbocycles. The monoisotopic (exact) mass is 250 g/mol. The summed E-state index contributed by atoms with van der Waals surface area (Å²) in [4.78, 5) is 0. The van der Waals surface area contributed by atoms with Crippen molar-refractivity contribution in [2.75, 3.05) is 0 Å². The maximum atomic E-state index is 13.0. The van der Waals surface area contributed by atoms with E-state index < -0.39 is 11.6 Å². The molecule has 1 atom stereocenters. The summed E-state index contributed by atoms with van der Waals surface area (Å²) in [5, 5.41) is -0.116. The van der Waals surface area contributed by atoms with Gasteiger partial charge in [-0.25, -0.2) is 8.78 Å². The van der Waals surface area contributed by atoms with Crippen LogP contribution in [0.5, 0.6) is 0 Å². The molecule has 82 valence electrons. The van der Waals surface area contributed by atoms with Gasteiger partial charge in [0.2, 0.25) is 0 Å². The summed E-state index contributed by atoms with van der Waals surface area (Å²) in [6.45, 7) is 0. The number of alkyl halides is 1. The van der Waals surface area contributed by atoms with E-state index >= 15 is 0 Å². The van der Waals surface area contributed by atoms with Crippen molar-refractivity contribution in [2.24, 2.45) is 5.92 Å². The lowest BCUT2D eigenvalue weighted by atomic mass is 10.1. The first-order valence-corrected chi connectivity index (χ1v) is 5.68. The average Bonchev–Trinajstić information content (AvgIpc) is 2.95. The predicted molar refractivity (Wildman–Crippen MR) is 57.3 cm³/mol. The van der Waals surface area contributed by atoms with Crippen molar-refractivity contribution in [2.45, 2.75) is 24.6 Å². The zero-order valence-corrected chi connectivity index (χ0v) is 9.45. The number of halogens is 4. The first-order chi connectivity index (χ1) is 7.08. The maximum absolute atomic E-state index is 13.0. The third-order valence-electron chi connectivity index (χ3n) is 2.61. The molecule has 0 amide bonds. The lowest BCUT2D eigenvalue weighted by molar-refractivity contribution is 0.506. The molecule has 0 radical (unpaired) electrons. The highest BCUT2D eigenvalue weighted by atomic mass is 35.5. The molecule has 4 heteroatoms. The van der Waals surface area contributed by atoms with Crippen LogP contribution in [0.2, 0.25) is 5.02 Å². The third kappa shape index (κ3) is 2.61. The Hall–Kier alpha value is -0.340. The van der Waals surface area contributed by atoms with Crippen molar-refractivity contribution in [1.29, 1.82) is 0 Å². The molecule has 0 spiro atoms. The molecular formula is C11H10Cl2F2. The number of rotatable bonds is 3. The summed E-state index contributed by atoms with van der Waals surface area (Å²) in [7, 11) is 0. The molecule has 1 fully saturated rings. The van der Waals surface area contributed by atoms with E-state index in [9.17, 15) is 8.78 Å². The molecule has 0 aromatic heterocycles. The molecular weight excluding hydrogens is 241 g/mol. The molecule has 1 aromatic rings. The molecule has 1 unspecified atom stereocenters. The van der Waals surface area contributed by atoms with Gasteiger partial charge in [-0.3, -0.25) is 0 Å². The lowest BCUT2D eigenvalue weighted by Crippen LogP contribution is -1.96. The Morgan fingerprint density at radius 2 is 1.87 bits per heavy atom. The van der Waals surface area contributed by atoms with Crippen molar-refractivity contribution < 1.29 is 8.78 Å². The van der Waals surface area contributed by atoms with Gasteiger partial charge in [-0.2, -0.15) is 0 Å². The standard InChI is InChI=1S/C11H10Cl2F2/c12-8(3-6-1-2-6)7-4-10(14)11(15)5-9(7)13/h4-6,8H,1-3H2. The molecule has 0 N–H and O–H groups in total. The fourth-order valence-electron chi connectivity index (χ4n) is 1.55. The SMILES string of the molecule is Fc1cc(Cl)c(C(Cl)CC2CC2)cc1F. The van der Waals surface area contributed by atoms with Crippen molar-refractivity contribution >= 4 is 23.2 Å². The number of benzene rings is 1. The normalized spacial score (nSPS) is 17.9. The highest BCUT2D eigenvalue weighted by Gasteiger charge is 2.26. The summed E-state index contributed by atoms with van der Waals surface area (Å²) in [5.74, 6) is -1.20. The van der Waals surface area contributed by atoms with Crippen LogP contribution in [0, 0.1) is 17.6 Å². The molecule has 1 saturated carbocycles. The minimum Gasteiger partial charge on any atom is -0.204 e. The van der Waals surface area contributed by atoms with Crippen LogP contribution in [0.25, 0.3) is 0 Å². The van der Waals surface area contributed by atoms with Gasteiger partial charge < -0.3 is 0 Å². The predicted octanol–water partition coefficient (Wildman–Crippen LogP) is 4.70. The first kappa shape index (κ1) is 11.2. The summed E-state index contributed by atoms with van der Waals surface area (Å²) < 4.78 is 25.8. The Balaban J connectivity index is 2.21. The van der Waals surface area contributed by atoms with E-state index in [0.29, 0.717) is 11.5 Å². The van der Waals surface area contributed by atoms with E-state index in [0.717, 1.165) is 18.6 Å². The van der Waals surface area contributed by atoms with Gasteiger partial charge in [0.05, 0.1) is 5.38 Å². The quantitative estimate of drug-likeness (QED) is 0.539. The van der Waals surface area contributed by atoms with E-state index in [2.05, 4.69) is 0 Å². The molecule has 0 heterocycles. The van der Waals surface area contributed by atoms with Gasteiger partial charge in [0, 0.05) is 5.02 Å². The second-order valence-corrected chi connectivity index (χ2v) is 4.87. The Morgan fingerprint density at radius 3 is 2.47 bits per heavy atom. The topological polar surface area (TPSA) is 0 Å². The van der Waals surface area contributed by atoms with Gasteiger partial charge in [-0.05, 0) is 30.0 Å². The van der Waals surface area contributed by atoms with Gasteiger partial charge in [-0.1, -0.05) is 24.4 Å². The first-order valence-electron chi connectivity index (χ1n) is 4.86. The van der Waals surface area contributed by atoms with Crippen LogP contribution in [0.4, 0.5) is 8.78 Å². The molecule has 0 aliphatic heterocycles. The minimum atomic E-state index is -0.931. The fourth-order valence-corrected chi connectivity index (χ4v) is 2.32. The van der Waals surface area contributed by atoms with E-state index in [-0.39, 0.29) is 10.4 Å². The van der Waals surface area contributed by atoms with Gasteiger partial charge >= 0.3 is 0 Å². The second kappa shape index (κ2) is 4.26. The second-order valence-electron chi connectivity index (χ2n) is 3.93. The van der Waals surface area contributed by atoms with Gasteiger partial charge in [0.25, 0.3) is 0 Å². The van der Waals surface area contributed by atoms with Crippen LogP contribution in [-0.2, 0) is 0 Å². The highest BCUT2D eigenvalue weighted by molar-refractivity contribution is 6.32. The summed E-state index contributed by atoms with van der Waals surface area (Å²) in [5.41, 5.74) is 0.490. The molecule has 1 aliphatic carbocycles. The van der Waals surface area contributed by atoms with E-state index in [4.69, 9.17) is 23.2 Å². The van der Waals surface area contributed by atoms with E-state index in [1.165, 1.54) is 12.8 Å². The summed E-state index contributed by atoms with van der Waals surface area (Å²) in [6.07, 6.45) is 3.13. The Kier molecular flexibility index (Phi) is 3.17. The number of hydrogen-bond donors (Lipinski definition) is 0. The summed E-state index contributed by atoms with van der Waals surface area (Å²) in [6, 6.07) is 2.08. The van der Waals surface area contributed by atoms with Crippen molar-refractivity contribution in [3.63, 3.8) is 0 Å². The fraction of sp³-hybridized carbons (Fsp3) is 0.455. The van der Waals surface area contributed by atoms with Gasteiger partial charge in [0.1, 0.15) is 0 Å². The Bertz CT molecular complexity index is 375. The number of hydrogen-bond acceptors (Lipinski definition) is 0. The maximum Gasteiger partial charge on any atom is 0.160 e. The molecule has 15 heavy (non-hydrogen) atoms. The molecule has 0 nitrogen and oxygen atoms in total.